The molecule has 2 rings (SSSR count). The molecule has 7 heteroatoms. The van der Waals surface area contributed by atoms with E-state index in [1.165, 1.54) is 6.07 Å². The number of phenols is 1. The van der Waals surface area contributed by atoms with Crippen molar-refractivity contribution in [1.29, 1.82) is 5.26 Å². The van der Waals surface area contributed by atoms with Gasteiger partial charge in [-0.2, -0.15) is 5.26 Å². The lowest BCUT2D eigenvalue weighted by Crippen LogP contribution is -2.42. The number of nitrogens with one attached hydrogen (secondary N) is 2. The van der Waals surface area contributed by atoms with Crippen LogP contribution in [-0.2, 0) is 0 Å². The van der Waals surface area contributed by atoms with Gasteiger partial charge in [-0.25, -0.2) is 0 Å². The van der Waals surface area contributed by atoms with E-state index in [1.807, 2.05) is 6.07 Å². The van der Waals surface area contributed by atoms with Crippen LogP contribution < -0.4 is 10.6 Å². The van der Waals surface area contributed by atoms with Gasteiger partial charge in [0.2, 0.25) is 0 Å². The van der Waals surface area contributed by atoms with Gasteiger partial charge < -0.3 is 15.7 Å². The van der Waals surface area contributed by atoms with Crippen LogP contribution in [0.1, 0.15) is 17.2 Å². The van der Waals surface area contributed by atoms with E-state index in [2.05, 4.69) is 10.6 Å². The number of phenolic OH excluding ortho intramolecular Hbond substituents is 1. The zero-order valence-corrected chi connectivity index (χ0v) is 9.51. The molecule has 0 aliphatic carbocycles. The summed E-state index contributed by atoms with van der Waals surface area (Å²) >= 11 is 0. The molecule has 1 atom stereocenters. The van der Waals surface area contributed by atoms with Crippen molar-refractivity contribution in [3.05, 3.63) is 33.4 Å². The number of hydrogen-bond acceptors (Lipinski definition) is 6. The number of aromatic hydroxyl groups is 1. The number of nitro benzene ring substituents is 1. The van der Waals surface area contributed by atoms with Gasteiger partial charge in [0.25, 0.3) is 0 Å². The van der Waals surface area contributed by atoms with Gasteiger partial charge in [0.15, 0.2) is 5.75 Å². The molecule has 1 aliphatic heterocycles. The van der Waals surface area contributed by atoms with Crippen LogP contribution >= 0.6 is 0 Å². The van der Waals surface area contributed by atoms with Gasteiger partial charge in [-0.1, -0.05) is 0 Å². The highest BCUT2D eigenvalue weighted by Gasteiger charge is 2.25. The van der Waals surface area contributed by atoms with Crippen LogP contribution in [-0.4, -0.2) is 29.7 Å². The molecule has 1 aromatic carbocycles. The van der Waals surface area contributed by atoms with Crippen molar-refractivity contribution in [3.63, 3.8) is 0 Å². The lowest BCUT2D eigenvalue weighted by atomic mass is 10.0. The van der Waals surface area contributed by atoms with E-state index in [4.69, 9.17) is 5.26 Å². The molecule has 94 valence electrons. The van der Waals surface area contributed by atoms with Crippen LogP contribution in [0, 0.1) is 21.4 Å². The van der Waals surface area contributed by atoms with Gasteiger partial charge in [0.05, 0.1) is 16.6 Å². The number of nitrogens with zero attached hydrogens (tertiary/aromatic N) is 2. The molecular weight excluding hydrogens is 236 g/mol. The summed E-state index contributed by atoms with van der Waals surface area (Å²) in [4.78, 5) is 10.1. The average molecular weight is 248 g/mol. The van der Waals surface area contributed by atoms with E-state index in [0.717, 1.165) is 12.6 Å². The molecule has 0 radical (unpaired) electrons. The molecule has 0 spiro atoms. The Hall–Kier alpha value is -2.17. The zero-order chi connectivity index (χ0) is 13.1. The fraction of sp³-hybridized carbons (Fsp3) is 0.364. The Morgan fingerprint density at radius 3 is 2.83 bits per heavy atom. The third-order valence-electron chi connectivity index (χ3n) is 2.86. The minimum atomic E-state index is -0.685. The molecule has 1 aromatic rings. The monoisotopic (exact) mass is 248 g/mol. The van der Waals surface area contributed by atoms with Gasteiger partial charge in [0.1, 0.15) is 0 Å². The van der Waals surface area contributed by atoms with Crippen molar-refractivity contribution in [3.8, 4) is 11.8 Å². The minimum absolute atomic E-state index is 0.168. The number of rotatable bonds is 2. The lowest BCUT2D eigenvalue weighted by Gasteiger charge is -2.25. The highest BCUT2D eigenvalue weighted by atomic mass is 16.6. The van der Waals surface area contributed by atoms with Crippen LogP contribution in [0.5, 0.6) is 5.75 Å². The Morgan fingerprint density at radius 1 is 1.50 bits per heavy atom. The van der Waals surface area contributed by atoms with Crippen molar-refractivity contribution < 1.29 is 10.0 Å². The maximum absolute atomic E-state index is 10.8. The Bertz CT molecular complexity index is 518. The molecule has 0 amide bonds. The van der Waals surface area contributed by atoms with E-state index >= 15 is 0 Å². The van der Waals surface area contributed by atoms with Gasteiger partial charge in [0, 0.05) is 37.3 Å². The van der Waals surface area contributed by atoms with Crippen molar-refractivity contribution in [2.45, 2.75) is 6.04 Å². The zero-order valence-electron chi connectivity index (χ0n) is 9.51. The highest BCUT2D eigenvalue weighted by Crippen LogP contribution is 2.35. The van der Waals surface area contributed by atoms with Crippen molar-refractivity contribution in [2.24, 2.45) is 0 Å². The van der Waals surface area contributed by atoms with Crippen molar-refractivity contribution in [1.82, 2.24) is 10.6 Å². The summed E-state index contributed by atoms with van der Waals surface area (Å²) in [7, 11) is 0. The summed E-state index contributed by atoms with van der Waals surface area (Å²) in [5.41, 5.74) is 0.117. The molecule has 1 fully saturated rings. The molecule has 0 unspecified atom stereocenters. The van der Waals surface area contributed by atoms with Crippen LogP contribution in [0.3, 0.4) is 0 Å². The van der Waals surface area contributed by atoms with Gasteiger partial charge in [-0.15, -0.1) is 0 Å². The smallest absolute Gasteiger partial charge is 0.312 e. The first-order chi connectivity index (χ1) is 8.63. The van der Waals surface area contributed by atoms with Gasteiger partial charge >= 0.3 is 5.69 Å². The maximum atomic E-state index is 10.8. The Labute approximate surface area is 103 Å². The fourth-order valence-electron chi connectivity index (χ4n) is 1.98. The molecule has 3 N–H and O–H groups in total. The largest absolute Gasteiger partial charge is 0.502 e. The van der Waals surface area contributed by atoms with Crippen LogP contribution in [0.15, 0.2) is 12.1 Å². The molecule has 0 saturated carbocycles. The number of benzene rings is 1. The Balaban J connectivity index is 2.48. The minimum Gasteiger partial charge on any atom is -0.502 e. The third kappa shape index (κ3) is 2.25. The normalized spacial score (nSPS) is 19.2. The van der Waals surface area contributed by atoms with Crippen molar-refractivity contribution in [2.75, 3.05) is 19.6 Å². The predicted molar refractivity (Wildman–Crippen MR) is 63.1 cm³/mol. The summed E-state index contributed by atoms with van der Waals surface area (Å²) in [5, 5.41) is 35.9. The van der Waals surface area contributed by atoms with Gasteiger partial charge in [-0.3, -0.25) is 10.1 Å². The Kier molecular flexibility index (Phi) is 3.41. The maximum Gasteiger partial charge on any atom is 0.312 e. The van der Waals surface area contributed by atoms with E-state index in [0.29, 0.717) is 18.7 Å². The summed E-state index contributed by atoms with van der Waals surface area (Å²) in [6.07, 6.45) is 0. The first kappa shape index (κ1) is 12.3. The van der Waals surface area contributed by atoms with Crippen LogP contribution in [0.4, 0.5) is 5.69 Å². The second-order valence-corrected chi connectivity index (χ2v) is 4.01. The molecule has 1 aliphatic rings. The quantitative estimate of drug-likeness (QED) is 0.516. The van der Waals surface area contributed by atoms with E-state index in [1.54, 1.807) is 0 Å². The van der Waals surface area contributed by atoms with Crippen LogP contribution in [0.2, 0.25) is 0 Å². The number of piperazine rings is 1. The summed E-state index contributed by atoms with van der Waals surface area (Å²) in [5.74, 6) is -0.375. The number of hydrogen-bond donors (Lipinski definition) is 3. The number of nitro groups is 1. The van der Waals surface area contributed by atoms with Crippen LogP contribution in [0.25, 0.3) is 0 Å². The van der Waals surface area contributed by atoms with Gasteiger partial charge in [-0.05, 0) is 6.07 Å². The molecule has 1 heterocycles. The fourth-order valence-corrected chi connectivity index (χ4v) is 1.98. The highest BCUT2D eigenvalue weighted by molar-refractivity contribution is 5.57. The topological polar surface area (TPSA) is 111 Å². The second-order valence-electron chi connectivity index (χ2n) is 4.01. The molecule has 0 bridgehead atoms. The molecule has 7 nitrogen and oxygen atoms in total. The molecule has 18 heavy (non-hydrogen) atoms. The van der Waals surface area contributed by atoms with E-state index < -0.39 is 10.6 Å². The standard InChI is InChI=1S/C11H12N4O3/c12-5-7-3-8(9-6-13-1-2-14-9)11(16)10(4-7)15(17)18/h3-4,9,13-14,16H,1-2,6H2/t9-/m0/s1. The summed E-state index contributed by atoms with van der Waals surface area (Å²) in [6, 6.07) is 4.19. The SMILES string of the molecule is N#Cc1cc([C@@H]2CNCCN2)c(O)c([N+](=O)[O-])c1. The first-order valence-electron chi connectivity index (χ1n) is 5.49. The second kappa shape index (κ2) is 5.00. The Morgan fingerprint density at radius 2 is 2.28 bits per heavy atom. The van der Waals surface area contributed by atoms with Crippen molar-refractivity contribution >= 4 is 5.69 Å². The van der Waals surface area contributed by atoms with E-state index in [9.17, 15) is 15.2 Å². The number of nitriles is 1. The average Bonchev–Trinajstić information content (AvgIpc) is 2.39. The predicted octanol–water partition coefficient (Wildman–Crippen LogP) is 0.406. The molecule has 1 saturated heterocycles. The lowest BCUT2D eigenvalue weighted by molar-refractivity contribution is -0.386. The molecular formula is C11H12N4O3. The first-order valence-corrected chi connectivity index (χ1v) is 5.49. The summed E-state index contributed by atoms with van der Waals surface area (Å²) in [6.45, 7) is 2.06. The molecule has 0 aromatic heterocycles. The van der Waals surface area contributed by atoms with E-state index in [-0.39, 0.29) is 17.4 Å². The summed E-state index contributed by atoms with van der Waals surface area (Å²) < 4.78 is 0. The third-order valence-corrected chi connectivity index (χ3v) is 2.86.